The van der Waals surface area contributed by atoms with E-state index < -0.39 is 15.3 Å². The number of hydrogen-bond donors (Lipinski definition) is 0. The molecule has 0 atom stereocenters. The van der Waals surface area contributed by atoms with Gasteiger partial charge in [-0.05, 0) is 23.7 Å². The van der Waals surface area contributed by atoms with E-state index in [-0.39, 0.29) is 0 Å². The van der Waals surface area contributed by atoms with E-state index in [0.717, 1.165) is 0 Å². The van der Waals surface area contributed by atoms with Gasteiger partial charge >= 0.3 is 0 Å². The average molecular weight is 312 g/mol. The van der Waals surface area contributed by atoms with Crippen molar-refractivity contribution in [3.05, 3.63) is 17.7 Å². The zero-order chi connectivity index (χ0) is 15.0. The normalized spacial score (nSPS) is 12.7. The lowest BCUT2D eigenvalue weighted by atomic mass is 10.2. The van der Waals surface area contributed by atoms with Gasteiger partial charge in [-0.15, -0.1) is 11.2 Å². The van der Waals surface area contributed by atoms with E-state index in [2.05, 4.69) is 88.5 Å². The van der Waals surface area contributed by atoms with Crippen LogP contribution in [0.25, 0.3) is 0 Å². The molecule has 0 amide bonds. The van der Waals surface area contributed by atoms with Crippen LogP contribution in [-0.2, 0) is 0 Å². The predicted octanol–water partition coefficient (Wildman–Crippen LogP) is 4.53. The number of anilines is 1. The van der Waals surface area contributed by atoms with Crippen molar-refractivity contribution in [1.82, 2.24) is 0 Å². The molecule has 0 aromatic heterocycles. The van der Waals surface area contributed by atoms with E-state index in [1.165, 1.54) is 16.1 Å². The lowest BCUT2D eigenvalue weighted by Gasteiger charge is -2.31. The molecule has 108 valence electrons. The summed E-state index contributed by atoms with van der Waals surface area (Å²) in [5.74, 6) is 0. The summed E-state index contributed by atoms with van der Waals surface area (Å²) in [6.45, 7) is 16.9. The molecule has 0 aliphatic rings. The first-order valence-corrected chi connectivity index (χ1v) is 15.5. The van der Waals surface area contributed by atoms with Crippen LogP contribution in [0.3, 0.4) is 0 Å². The molecule has 0 spiro atoms. The standard InChI is InChI=1S/C15H29NSSi2/c1-12-10-11-13(17-19(7,8)9)14(16(2)3)15(12)18(4,5)6/h10-11H,1-9H3. The largest absolute Gasteiger partial charge is 0.377 e. The van der Waals surface area contributed by atoms with Crippen LogP contribution in [0.2, 0.25) is 39.3 Å². The molecule has 0 radical (unpaired) electrons. The van der Waals surface area contributed by atoms with E-state index in [4.69, 9.17) is 0 Å². The molecular formula is C15H29NSSi2. The summed E-state index contributed by atoms with van der Waals surface area (Å²) in [6.07, 6.45) is 0. The van der Waals surface area contributed by atoms with Gasteiger partial charge in [0.15, 0.2) is 0 Å². The van der Waals surface area contributed by atoms with Gasteiger partial charge in [0, 0.05) is 24.7 Å². The summed E-state index contributed by atoms with van der Waals surface area (Å²) in [6, 6.07) is 4.65. The van der Waals surface area contributed by atoms with Gasteiger partial charge in [-0.25, -0.2) is 0 Å². The number of hydrogen-bond acceptors (Lipinski definition) is 2. The summed E-state index contributed by atoms with van der Waals surface area (Å²) in [4.78, 5) is 3.80. The molecule has 0 aliphatic carbocycles. The molecule has 0 saturated carbocycles. The van der Waals surface area contributed by atoms with Crippen molar-refractivity contribution >= 4 is 37.4 Å². The molecule has 1 aromatic rings. The first kappa shape index (κ1) is 16.9. The van der Waals surface area contributed by atoms with Crippen LogP contribution in [0, 0.1) is 6.92 Å². The highest BCUT2D eigenvalue weighted by Gasteiger charge is 2.27. The minimum Gasteiger partial charge on any atom is -0.377 e. The fraction of sp³-hybridized carbons (Fsp3) is 0.600. The Kier molecular flexibility index (Phi) is 5.02. The number of aryl methyl sites for hydroxylation is 1. The van der Waals surface area contributed by atoms with Crippen LogP contribution in [0.1, 0.15) is 5.56 Å². The van der Waals surface area contributed by atoms with Crippen LogP contribution >= 0.6 is 11.2 Å². The maximum absolute atomic E-state index is 2.45. The van der Waals surface area contributed by atoms with Crippen molar-refractivity contribution in [1.29, 1.82) is 0 Å². The van der Waals surface area contributed by atoms with Crippen molar-refractivity contribution in [3.63, 3.8) is 0 Å². The first-order chi connectivity index (χ1) is 8.43. The van der Waals surface area contributed by atoms with Gasteiger partial charge in [-0.3, -0.25) is 0 Å². The fourth-order valence-electron chi connectivity index (χ4n) is 2.48. The molecule has 0 aliphatic heterocycles. The maximum Gasteiger partial charge on any atom is 0.114 e. The Labute approximate surface area is 125 Å². The van der Waals surface area contributed by atoms with Gasteiger partial charge < -0.3 is 4.90 Å². The summed E-state index contributed by atoms with van der Waals surface area (Å²) in [5.41, 5.74) is 2.94. The van der Waals surface area contributed by atoms with E-state index >= 15 is 0 Å². The van der Waals surface area contributed by atoms with Crippen LogP contribution in [0.5, 0.6) is 0 Å². The van der Waals surface area contributed by atoms with Gasteiger partial charge in [0.25, 0.3) is 0 Å². The van der Waals surface area contributed by atoms with Gasteiger partial charge in [-0.1, -0.05) is 45.3 Å². The summed E-state index contributed by atoms with van der Waals surface area (Å²) in [5, 5.41) is 1.63. The van der Waals surface area contributed by atoms with Gasteiger partial charge in [0.1, 0.15) is 7.22 Å². The molecule has 0 saturated heterocycles. The molecule has 0 N–H and O–H groups in total. The smallest absolute Gasteiger partial charge is 0.114 e. The molecule has 4 heteroatoms. The Morgan fingerprint density at radius 3 is 1.84 bits per heavy atom. The van der Waals surface area contributed by atoms with E-state index in [0.29, 0.717) is 0 Å². The second kappa shape index (κ2) is 5.66. The molecule has 19 heavy (non-hydrogen) atoms. The molecule has 0 unspecified atom stereocenters. The monoisotopic (exact) mass is 311 g/mol. The van der Waals surface area contributed by atoms with Gasteiger partial charge in [-0.2, -0.15) is 0 Å². The van der Waals surface area contributed by atoms with Crippen molar-refractivity contribution < 1.29 is 0 Å². The Hall–Kier alpha value is -0.196. The SMILES string of the molecule is Cc1ccc(S[Si](C)(C)C)c(N(C)C)c1[Si](C)(C)C. The predicted molar refractivity (Wildman–Crippen MR) is 97.7 cm³/mol. The van der Waals surface area contributed by atoms with Crippen LogP contribution in [0.4, 0.5) is 5.69 Å². The first-order valence-electron chi connectivity index (χ1n) is 6.94. The number of rotatable bonds is 4. The Morgan fingerprint density at radius 2 is 1.47 bits per heavy atom. The highest BCUT2D eigenvalue weighted by molar-refractivity contribution is 8.28. The Bertz CT molecular complexity index is 456. The fourth-order valence-corrected chi connectivity index (χ4v) is 8.55. The van der Waals surface area contributed by atoms with E-state index in [1.54, 1.807) is 5.19 Å². The Balaban J connectivity index is 3.51. The molecule has 0 fully saturated rings. The highest BCUT2D eigenvalue weighted by Crippen LogP contribution is 2.36. The Morgan fingerprint density at radius 1 is 0.947 bits per heavy atom. The topological polar surface area (TPSA) is 3.24 Å². The van der Waals surface area contributed by atoms with E-state index in [1.807, 2.05) is 0 Å². The van der Waals surface area contributed by atoms with Crippen molar-refractivity contribution in [3.8, 4) is 0 Å². The van der Waals surface area contributed by atoms with Gasteiger partial charge in [0.05, 0.1) is 8.07 Å². The minimum atomic E-state index is -1.33. The lowest BCUT2D eigenvalue weighted by Crippen LogP contribution is -2.43. The summed E-state index contributed by atoms with van der Waals surface area (Å²) in [7, 11) is 1.87. The van der Waals surface area contributed by atoms with E-state index in [9.17, 15) is 0 Å². The maximum atomic E-state index is 2.45. The minimum absolute atomic E-state index is 1.17. The van der Waals surface area contributed by atoms with Gasteiger partial charge in [0.2, 0.25) is 0 Å². The lowest BCUT2D eigenvalue weighted by molar-refractivity contribution is 1.10. The van der Waals surface area contributed by atoms with Crippen LogP contribution in [-0.4, -0.2) is 29.4 Å². The summed E-state index contributed by atoms with van der Waals surface area (Å²) >= 11 is 2.11. The second-order valence-electron chi connectivity index (χ2n) is 7.46. The molecular weight excluding hydrogens is 282 g/mol. The number of benzene rings is 1. The van der Waals surface area contributed by atoms with Crippen LogP contribution < -0.4 is 10.1 Å². The highest BCUT2D eigenvalue weighted by atomic mass is 32.4. The third kappa shape index (κ3) is 4.40. The van der Waals surface area contributed by atoms with Crippen molar-refractivity contribution in [2.75, 3.05) is 19.0 Å². The summed E-state index contributed by atoms with van der Waals surface area (Å²) < 4.78 is 0. The van der Waals surface area contributed by atoms with Crippen molar-refractivity contribution in [2.45, 2.75) is 51.1 Å². The third-order valence-corrected chi connectivity index (χ3v) is 8.75. The quantitative estimate of drug-likeness (QED) is 0.751. The molecule has 0 bridgehead atoms. The molecule has 1 aromatic carbocycles. The molecule has 1 rings (SSSR count). The zero-order valence-corrected chi connectivity index (χ0v) is 16.8. The average Bonchev–Trinajstić information content (AvgIpc) is 2.15. The number of nitrogens with zero attached hydrogens (tertiary/aromatic N) is 1. The van der Waals surface area contributed by atoms with Crippen molar-refractivity contribution in [2.24, 2.45) is 0 Å². The molecule has 0 heterocycles. The molecule has 1 nitrogen and oxygen atoms in total. The van der Waals surface area contributed by atoms with Crippen LogP contribution in [0.15, 0.2) is 17.0 Å². The zero-order valence-electron chi connectivity index (χ0n) is 14.0. The third-order valence-electron chi connectivity index (χ3n) is 2.96. The second-order valence-corrected chi connectivity index (χ2v) is 21.6.